The third-order valence-corrected chi connectivity index (χ3v) is 3.41. The van der Waals surface area contributed by atoms with Crippen molar-refractivity contribution in [2.75, 3.05) is 19.8 Å². The van der Waals surface area contributed by atoms with E-state index in [9.17, 15) is 9.59 Å². The van der Waals surface area contributed by atoms with Gasteiger partial charge in [-0.05, 0) is 19.4 Å². The molecular formula is C15H17ClO5. The topological polar surface area (TPSA) is 61.8 Å². The highest BCUT2D eigenvalue weighted by molar-refractivity contribution is 6.42. The molecule has 0 amide bonds. The van der Waals surface area contributed by atoms with Gasteiger partial charge in [0.2, 0.25) is 0 Å². The molecule has 1 aromatic carbocycles. The monoisotopic (exact) mass is 312 g/mol. The maximum absolute atomic E-state index is 12.2. The third kappa shape index (κ3) is 3.13. The second-order valence-corrected chi connectivity index (χ2v) is 4.90. The molecule has 2 rings (SSSR count). The Hall–Kier alpha value is -1.75. The maximum atomic E-state index is 12.2. The van der Waals surface area contributed by atoms with E-state index < -0.39 is 11.8 Å². The minimum absolute atomic E-state index is 0.143. The number of hydrogen-bond donors (Lipinski definition) is 0. The Kier molecular flexibility index (Phi) is 5.07. The van der Waals surface area contributed by atoms with Crippen molar-refractivity contribution >= 4 is 23.4 Å². The number of rotatable bonds is 4. The number of esters is 1. The number of hydrogen-bond acceptors (Lipinski definition) is 5. The standard InChI is InChI=1S/C15H17ClO5/c1-3-9-10(12(17)15(18)19-4-2)8-11(16)14-13(9)20-6-5-7-21-14/h8H,3-7H2,1-2H3. The van der Waals surface area contributed by atoms with Crippen LogP contribution in [0, 0.1) is 0 Å². The fourth-order valence-corrected chi connectivity index (χ4v) is 2.45. The van der Waals surface area contributed by atoms with Crippen molar-refractivity contribution in [2.24, 2.45) is 0 Å². The molecule has 0 aromatic heterocycles. The van der Waals surface area contributed by atoms with Crippen LogP contribution in [0.4, 0.5) is 0 Å². The van der Waals surface area contributed by atoms with Gasteiger partial charge in [0.1, 0.15) is 0 Å². The van der Waals surface area contributed by atoms with Crippen LogP contribution in [0.15, 0.2) is 6.07 Å². The Bertz CT molecular complexity index is 568. The van der Waals surface area contributed by atoms with Crippen LogP contribution in [0.25, 0.3) is 0 Å². The number of fused-ring (bicyclic) bond motifs is 1. The first-order valence-corrected chi connectivity index (χ1v) is 7.30. The summed E-state index contributed by atoms with van der Waals surface area (Å²) >= 11 is 6.17. The summed E-state index contributed by atoms with van der Waals surface area (Å²) in [6.07, 6.45) is 1.25. The van der Waals surface area contributed by atoms with E-state index in [2.05, 4.69) is 0 Å². The summed E-state index contributed by atoms with van der Waals surface area (Å²) in [6, 6.07) is 1.45. The van der Waals surface area contributed by atoms with Gasteiger partial charge in [-0.25, -0.2) is 4.79 Å². The lowest BCUT2D eigenvalue weighted by molar-refractivity contribution is -0.137. The lowest BCUT2D eigenvalue weighted by atomic mass is 9.99. The van der Waals surface area contributed by atoms with Crippen LogP contribution in [0.5, 0.6) is 11.5 Å². The molecular weight excluding hydrogens is 296 g/mol. The van der Waals surface area contributed by atoms with Crippen molar-refractivity contribution in [1.29, 1.82) is 0 Å². The number of benzene rings is 1. The van der Waals surface area contributed by atoms with Gasteiger partial charge in [0.25, 0.3) is 5.78 Å². The van der Waals surface area contributed by atoms with Gasteiger partial charge >= 0.3 is 5.97 Å². The van der Waals surface area contributed by atoms with Crippen LogP contribution in [-0.2, 0) is 16.0 Å². The molecule has 0 saturated carbocycles. The number of halogens is 1. The molecule has 0 spiro atoms. The first-order chi connectivity index (χ1) is 10.1. The van der Waals surface area contributed by atoms with E-state index in [4.69, 9.17) is 25.8 Å². The molecule has 0 bridgehead atoms. The minimum Gasteiger partial charge on any atom is -0.489 e. The molecule has 0 fully saturated rings. The summed E-state index contributed by atoms with van der Waals surface area (Å²) in [4.78, 5) is 23.9. The van der Waals surface area contributed by atoms with Crippen LogP contribution in [0.3, 0.4) is 0 Å². The maximum Gasteiger partial charge on any atom is 0.379 e. The summed E-state index contributed by atoms with van der Waals surface area (Å²) in [5.41, 5.74) is 0.833. The number of Topliss-reactive ketones (excluding diaryl/α,β-unsaturated/α-hetero) is 1. The van der Waals surface area contributed by atoms with Gasteiger partial charge in [-0.1, -0.05) is 18.5 Å². The fourth-order valence-electron chi connectivity index (χ4n) is 2.20. The smallest absolute Gasteiger partial charge is 0.379 e. The van der Waals surface area contributed by atoms with E-state index in [1.807, 2.05) is 6.92 Å². The molecule has 0 unspecified atom stereocenters. The van der Waals surface area contributed by atoms with Gasteiger partial charge < -0.3 is 14.2 Å². The molecule has 1 aromatic rings. The Balaban J connectivity index is 2.52. The highest BCUT2D eigenvalue weighted by Gasteiger charge is 2.27. The van der Waals surface area contributed by atoms with Crippen LogP contribution in [0.2, 0.25) is 5.02 Å². The van der Waals surface area contributed by atoms with E-state index >= 15 is 0 Å². The Labute approximate surface area is 128 Å². The van der Waals surface area contributed by atoms with E-state index in [-0.39, 0.29) is 17.2 Å². The van der Waals surface area contributed by atoms with Crippen LogP contribution in [-0.4, -0.2) is 31.6 Å². The molecule has 0 radical (unpaired) electrons. The van der Waals surface area contributed by atoms with Gasteiger partial charge in [0.15, 0.2) is 11.5 Å². The zero-order chi connectivity index (χ0) is 15.4. The molecule has 5 nitrogen and oxygen atoms in total. The highest BCUT2D eigenvalue weighted by Crippen LogP contribution is 2.42. The van der Waals surface area contributed by atoms with Gasteiger partial charge in [-0.3, -0.25) is 4.79 Å². The van der Waals surface area contributed by atoms with E-state index in [0.717, 1.165) is 6.42 Å². The Morgan fingerprint density at radius 1 is 1.24 bits per heavy atom. The number of ketones is 1. The molecule has 0 aliphatic carbocycles. The minimum atomic E-state index is -0.891. The van der Waals surface area contributed by atoms with E-state index in [1.54, 1.807) is 6.92 Å². The largest absolute Gasteiger partial charge is 0.489 e. The Morgan fingerprint density at radius 2 is 1.90 bits per heavy atom. The number of carbonyl (C=O) groups is 2. The van der Waals surface area contributed by atoms with Gasteiger partial charge in [0, 0.05) is 17.5 Å². The van der Waals surface area contributed by atoms with E-state index in [0.29, 0.717) is 36.7 Å². The first kappa shape index (κ1) is 15.6. The molecule has 0 N–H and O–H groups in total. The summed E-state index contributed by atoms with van der Waals surface area (Å²) in [5, 5.41) is 0.261. The lowest BCUT2D eigenvalue weighted by Crippen LogP contribution is -2.19. The second kappa shape index (κ2) is 6.80. The summed E-state index contributed by atoms with van der Waals surface area (Å²) < 4.78 is 16.0. The zero-order valence-electron chi connectivity index (χ0n) is 12.0. The van der Waals surface area contributed by atoms with Crippen molar-refractivity contribution < 1.29 is 23.8 Å². The average Bonchev–Trinajstić information content (AvgIpc) is 2.73. The summed E-state index contributed by atoms with van der Waals surface area (Å²) in [6.45, 7) is 4.64. The number of carbonyl (C=O) groups excluding carboxylic acids is 2. The van der Waals surface area contributed by atoms with Crippen LogP contribution in [0.1, 0.15) is 36.2 Å². The van der Waals surface area contributed by atoms with Crippen molar-refractivity contribution in [1.82, 2.24) is 0 Å². The van der Waals surface area contributed by atoms with E-state index in [1.165, 1.54) is 6.07 Å². The van der Waals surface area contributed by atoms with Gasteiger partial charge in [-0.2, -0.15) is 0 Å². The molecule has 0 atom stereocenters. The summed E-state index contributed by atoms with van der Waals surface area (Å²) in [5.74, 6) is -0.717. The van der Waals surface area contributed by atoms with Crippen molar-refractivity contribution in [3.05, 3.63) is 22.2 Å². The first-order valence-electron chi connectivity index (χ1n) is 6.92. The van der Waals surface area contributed by atoms with Crippen LogP contribution < -0.4 is 9.47 Å². The normalized spacial score (nSPS) is 13.5. The molecule has 21 heavy (non-hydrogen) atoms. The molecule has 0 saturated heterocycles. The third-order valence-electron chi connectivity index (χ3n) is 3.13. The predicted octanol–water partition coefficient (Wildman–Crippen LogP) is 2.81. The van der Waals surface area contributed by atoms with Crippen molar-refractivity contribution in [3.63, 3.8) is 0 Å². The van der Waals surface area contributed by atoms with Crippen molar-refractivity contribution in [2.45, 2.75) is 26.7 Å². The zero-order valence-corrected chi connectivity index (χ0v) is 12.8. The average molecular weight is 313 g/mol. The quantitative estimate of drug-likeness (QED) is 0.486. The fraction of sp³-hybridized carbons (Fsp3) is 0.467. The molecule has 1 heterocycles. The number of ether oxygens (including phenoxy) is 3. The Morgan fingerprint density at radius 3 is 2.52 bits per heavy atom. The SMILES string of the molecule is CCOC(=O)C(=O)c1cc(Cl)c2c(c1CC)OCCCO2. The molecule has 6 heteroatoms. The van der Waals surface area contributed by atoms with Gasteiger partial charge in [0.05, 0.1) is 24.8 Å². The molecule has 114 valence electrons. The second-order valence-electron chi connectivity index (χ2n) is 4.50. The van der Waals surface area contributed by atoms with Crippen molar-refractivity contribution in [3.8, 4) is 11.5 Å². The molecule has 1 aliphatic heterocycles. The van der Waals surface area contributed by atoms with Gasteiger partial charge in [-0.15, -0.1) is 0 Å². The predicted molar refractivity (Wildman–Crippen MR) is 77.4 cm³/mol. The molecule has 1 aliphatic rings. The van der Waals surface area contributed by atoms with Crippen LogP contribution >= 0.6 is 11.6 Å². The lowest BCUT2D eigenvalue weighted by Gasteiger charge is -2.16. The summed E-state index contributed by atoms with van der Waals surface area (Å²) in [7, 11) is 0. The highest BCUT2D eigenvalue weighted by atomic mass is 35.5.